The van der Waals surface area contributed by atoms with E-state index in [2.05, 4.69) is 25.7 Å². The molecular weight excluding hydrogens is 258 g/mol. The molecule has 0 atom stereocenters. The highest BCUT2D eigenvalue weighted by molar-refractivity contribution is 6.02. The third kappa shape index (κ3) is 2.41. The average molecular weight is 269 g/mol. The fourth-order valence-electron chi connectivity index (χ4n) is 1.71. The predicted octanol–water partition coefficient (Wildman–Crippen LogP) is 2.02. The van der Waals surface area contributed by atoms with E-state index in [9.17, 15) is 4.79 Å². The zero-order chi connectivity index (χ0) is 13.9. The molecule has 3 rings (SSSR count). The summed E-state index contributed by atoms with van der Waals surface area (Å²) in [4.78, 5) is 15.9. The summed E-state index contributed by atoms with van der Waals surface area (Å²) in [6.45, 7) is 1.72. The summed E-state index contributed by atoms with van der Waals surface area (Å²) >= 11 is 0. The second-order valence-corrected chi connectivity index (χ2v) is 4.19. The molecule has 0 aliphatic carbocycles. The van der Waals surface area contributed by atoms with Crippen molar-refractivity contribution in [3.05, 3.63) is 48.1 Å². The number of amides is 1. The first-order valence-corrected chi connectivity index (χ1v) is 5.93. The van der Waals surface area contributed by atoms with Crippen LogP contribution in [0.1, 0.15) is 16.2 Å². The van der Waals surface area contributed by atoms with Crippen molar-refractivity contribution in [1.29, 1.82) is 0 Å². The molecule has 3 aromatic rings. The van der Waals surface area contributed by atoms with Crippen molar-refractivity contribution in [2.75, 3.05) is 5.32 Å². The van der Waals surface area contributed by atoms with Gasteiger partial charge in [-0.15, -0.1) is 0 Å². The Balaban J connectivity index is 1.76. The van der Waals surface area contributed by atoms with Crippen LogP contribution in [0.4, 0.5) is 5.82 Å². The van der Waals surface area contributed by atoms with Crippen LogP contribution in [-0.2, 0) is 0 Å². The van der Waals surface area contributed by atoms with Crippen molar-refractivity contribution < 1.29 is 9.32 Å². The molecular formula is C13H11N5O2. The SMILES string of the molecule is Cc1cc(C(=O)Nc2cc(-c3cccnc3)[nH]n2)no1. The summed E-state index contributed by atoms with van der Waals surface area (Å²) in [6.07, 6.45) is 3.40. The number of aromatic nitrogens is 4. The molecule has 7 nitrogen and oxygen atoms in total. The van der Waals surface area contributed by atoms with E-state index < -0.39 is 0 Å². The predicted molar refractivity (Wildman–Crippen MR) is 71.0 cm³/mol. The number of aromatic amines is 1. The number of carbonyl (C=O) groups is 1. The monoisotopic (exact) mass is 269 g/mol. The lowest BCUT2D eigenvalue weighted by Gasteiger charge is -1.96. The van der Waals surface area contributed by atoms with Gasteiger partial charge in [-0.3, -0.25) is 14.9 Å². The van der Waals surface area contributed by atoms with E-state index in [1.54, 1.807) is 31.5 Å². The molecule has 100 valence electrons. The standard InChI is InChI=1S/C13H11N5O2/c1-8-5-11(18-20-8)13(19)15-12-6-10(16-17-12)9-3-2-4-14-7-9/h2-7H,1H3,(H2,15,16,17,19). The van der Waals surface area contributed by atoms with Crippen LogP contribution in [0, 0.1) is 6.92 Å². The molecule has 2 N–H and O–H groups in total. The lowest BCUT2D eigenvalue weighted by Crippen LogP contribution is -2.12. The number of H-pyrrole nitrogens is 1. The molecule has 0 radical (unpaired) electrons. The number of hydrogen-bond donors (Lipinski definition) is 2. The Morgan fingerprint density at radius 2 is 2.30 bits per heavy atom. The molecule has 20 heavy (non-hydrogen) atoms. The van der Waals surface area contributed by atoms with E-state index in [1.807, 2.05) is 12.1 Å². The highest BCUT2D eigenvalue weighted by atomic mass is 16.5. The molecule has 0 fully saturated rings. The third-order valence-corrected chi connectivity index (χ3v) is 2.65. The topological polar surface area (TPSA) is 96.7 Å². The maximum Gasteiger partial charge on any atom is 0.279 e. The molecule has 0 unspecified atom stereocenters. The Labute approximate surface area is 114 Å². The minimum atomic E-state index is -0.369. The maximum absolute atomic E-state index is 11.9. The van der Waals surface area contributed by atoms with Gasteiger partial charge >= 0.3 is 0 Å². The average Bonchev–Trinajstić information content (AvgIpc) is 3.09. The number of rotatable bonds is 3. The highest BCUT2D eigenvalue weighted by Crippen LogP contribution is 2.18. The van der Waals surface area contributed by atoms with Gasteiger partial charge in [-0.1, -0.05) is 5.16 Å². The molecule has 0 bridgehead atoms. The van der Waals surface area contributed by atoms with Crippen molar-refractivity contribution in [3.8, 4) is 11.3 Å². The molecule has 3 heterocycles. The van der Waals surface area contributed by atoms with E-state index in [0.717, 1.165) is 11.3 Å². The molecule has 3 aromatic heterocycles. The van der Waals surface area contributed by atoms with Gasteiger partial charge in [0.25, 0.3) is 5.91 Å². The van der Waals surface area contributed by atoms with Gasteiger partial charge in [0.1, 0.15) is 5.76 Å². The number of aryl methyl sites for hydroxylation is 1. The Bertz CT molecular complexity index is 732. The molecule has 0 aliphatic rings. The quantitative estimate of drug-likeness (QED) is 0.758. The largest absolute Gasteiger partial charge is 0.361 e. The van der Waals surface area contributed by atoms with Crippen LogP contribution in [0.3, 0.4) is 0 Å². The number of hydrogen-bond acceptors (Lipinski definition) is 5. The fourth-order valence-corrected chi connectivity index (χ4v) is 1.71. The van der Waals surface area contributed by atoms with E-state index >= 15 is 0 Å². The van der Waals surface area contributed by atoms with Crippen LogP contribution in [0.25, 0.3) is 11.3 Å². The van der Waals surface area contributed by atoms with E-state index in [0.29, 0.717) is 11.6 Å². The fraction of sp³-hybridized carbons (Fsp3) is 0.0769. The first-order chi connectivity index (χ1) is 9.72. The minimum Gasteiger partial charge on any atom is -0.361 e. The maximum atomic E-state index is 11.9. The number of nitrogens with zero attached hydrogens (tertiary/aromatic N) is 3. The number of nitrogens with one attached hydrogen (secondary N) is 2. The molecule has 0 saturated heterocycles. The van der Waals surface area contributed by atoms with Crippen LogP contribution in [0.2, 0.25) is 0 Å². The Morgan fingerprint density at radius 3 is 3.00 bits per heavy atom. The van der Waals surface area contributed by atoms with Gasteiger partial charge in [-0.25, -0.2) is 0 Å². The van der Waals surface area contributed by atoms with Crippen molar-refractivity contribution in [3.63, 3.8) is 0 Å². The van der Waals surface area contributed by atoms with E-state index in [4.69, 9.17) is 4.52 Å². The Morgan fingerprint density at radius 1 is 1.40 bits per heavy atom. The molecule has 7 heteroatoms. The first-order valence-electron chi connectivity index (χ1n) is 5.93. The summed E-state index contributed by atoms with van der Waals surface area (Å²) in [5.74, 6) is 0.619. The van der Waals surface area contributed by atoms with Crippen LogP contribution in [0.15, 0.2) is 41.2 Å². The van der Waals surface area contributed by atoms with Gasteiger partial charge in [0, 0.05) is 30.1 Å². The number of pyridine rings is 1. The smallest absolute Gasteiger partial charge is 0.279 e. The minimum absolute atomic E-state index is 0.216. The van der Waals surface area contributed by atoms with Gasteiger partial charge in [0.2, 0.25) is 0 Å². The van der Waals surface area contributed by atoms with E-state index in [-0.39, 0.29) is 11.6 Å². The highest BCUT2D eigenvalue weighted by Gasteiger charge is 2.13. The van der Waals surface area contributed by atoms with Gasteiger partial charge in [-0.05, 0) is 19.1 Å². The summed E-state index contributed by atoms with van der Waals surface area (Å²) in [6, 6.07) is 7.01. The van der Waals surface area contributed by atoms with Gasteiger partial charge in [0.05, 0.1) is 5.69 Å². The first kappa shape index (κ1) is 12.1. The normalized spacial score (nSPS) is 10.4. The Kier molecular flexibility index (Phi) is 3.00. The lowest BCUT2D eigenvalue weighted by molar-refractivity contribution is 0.101. The van der Waals surface area contributed by atoms with Gasteiger partial charge in [-0.2, -0.15) is 5.10 Å². The summed E-state index contributed by atoms with van der Waals surface area (Å²) in [5, 5.41) is 13.1. The zero-order valence-corrected chi connectivity index (χ0v) is 10.6. The summed E-state index contributed by atoms with van der Waals surface area (Å²) in [7, 11) is 0. The zero-order valence-electron chi connectivity index (χ0n) is 10.6. The number of carbonyl (C=O) groups excluding carboxylic acids is 1. The molecule has 0 aromatic carbocycles. The van der Waals surface area contributed by atoms with Crippen molar-refractivity contribution in [2.45, 2.75) is 6.92 Å². The molecule has 1 amide bonds. The van der Waals surface area contributed by atoms with E-state index in [1.165, 1.54) is 0 Å². The van der Waals surface area contributed by atoms with Crippen LogP contribution in [-0.4, -0.2) is 26.2 Å². The van der Waals surface area contributed by atoms with Crippen LogP contribution >= 0.6 is 0 Å². The second kappa shape index (κ2) is 4.96. The van der Waals surface area contributed by atoms with Crippen molar-refractivity contribution >= 4 is 11.7 Å². The Hall–Kier alpha value is -2.96. The third-order valence-electron chi connectivity index (χ3n) is 2.65. The molecule has 0 saturated carbocycles. The second-order valence-electron chi connectivity index (χ2n) is 4.19. The van der Waals surface area contributed by atoms with Crippen molar-refractivity contribution in [1.82, 2.24) is 20.3 Å². The lowest BCUT2D eigenvalue weighted by atomic mass is 10.2. The summed E-state index contributed by atoms with van der Waals surface area (Å²) < 4.78 is 4.85. The molecule has 0 spiro atoms. The van der Waals surface area contributed by atoms with Crippen molar-refractivity contribution in [2.24, 2.45) is 0 Å². The van der Waals surface area contributed by atoms with Gasteiger partial charge < -0.3 is 9.84 Å². The van der Waals surface area contributed by atoms with Gasteiger partial charge in [0.15, 0.2) is 11.5 Å². The number of anilines is 1. The van der Waals surface area contributed by atoms with Crippen LogP contribution < -0.4 is 5.32 Å². The summed E-state index contributed by atoms with van der Waals surface area (Å²) in [5.41, 5.74) is 1.87. The molecule has 0 aliphatic heterocycles. The van der Waals surface area contributed by atoms with Crippen LogP contribution in [0.5, 0.6) is 0 Å².